The van der Waals surface area contributed by atoms with E-state index in [2.05, 4.69) is 38.7 Å². The molecule has 8 heteroatoms. The predicted molar refractivity (Wildman–Crippen MR) is 150 cm³/mol. The highest BCUT2D eigenvalue weighted by molar-refractivity contribution is 9.10. The molecule has 0 aromatic heterocycles. The summed E-state index contributed by atoms with van der Waals surface area (Å²) in [6.07, 6.45) is 2.09. The molecule has 0 aliphatic carbocycles. The first kappa shape index (κ1) is 26.4. The predicted octanol–water partition coefficient (Wildman–Crippen LogP) is 4.84. The summed E-state index contributed by atoms with van der Waals surface area (Å²) in [5.41, 5.74) is 9.15. The number of aryl methyl sites for hydroxylation is 1. The van der Waals surface area contributed by atoms with Crippen molar-refractivity contribution in [2.45, 2.75) is 44.8 Å². The zero-order valence-electron chi connectivity index (χ0n) is 20.9. The number of nitrogens with one attached hydrogen (secondary N) is 2. The van der Waals surface area contributed by atoms with Crippen molar-refractivity contribution in [2.75, 3.05) is 6.54 Å². The fourth-order valence-electron chi connectivity index (χ4n) is 4.42. The Labute approximate surface area is 226 Å². The summed E-state index contributed by atoms with van der Waals surface area (Å²) in [7, 11) is 0. The van der Waals surface area contributed by atoms with Gasteiger partial charge in [0.25, 0.3) is 5.91 Å². The van der Waals surface area contributed by atoms with Gasteiger partial charge in [0.15, 0.2) is 11.5 Å². The van der Waals surface area contributed by atoms with Crippen LogP contribution in [0.2, 0.25) is 0 Å². The summed E-state index contributed by atoms with van der Waals surface area (Å²) in [4.78, 5) is 32.1. The highest BCUT2D eigenvalue weighted by Crippen LogP contribution is 2.39. The molecule has 0 saturated carbocycles. The fourth-order valence-corrected chi connectivity index (χ4v) is 4.82. The molecule has 0 fully saturated rings. The van der Waals surface area contributed by atoms with Crippen molar-refractivity contribution in [2.24, 2.45) is 10.7 Å². The Morgan fingerprint density at radius 1 is 0.973 bits per heavy atom. The molecule has 0 saturated heterocycles. The van der Waals surface area contributed by atoms with E-state index in [9.17, 15) is 9.59 Å². The molecule has 0 bridgehead atoms. The van der Waals surface area contributed by atoms with Crippen LogP contribution in [-0.2, 0) is 29.8 Å². The van der Waals surface area contributed by atoms with Crippen LogP contribution >= 0.6 is 15.9 Å². The number of aliphatic imine (C=N–C) groups is 1. The molecular weight excluding hydrogens is 530 g/mol. The van der Waals surface area contributed by atoms with Gasteiger partial charge in [-0.1, -0.05) is 89.6 Å². The second-order valence-corrected chi connectivity index (χ2v) is 10.1. The average Bonchev–Trinajstić information content (AvgIpc) is 3.16. The summed E-state index contributed by atoms with van der Waals surface area (Å²) >= 11 is 3.54. The van der Waals surface area contributed by atoms with Crippen molar-refractivity contribution in [3.05, 3.63) is 106 Å². The van der Waals surface area contributed by atoms with E-state index in [4.69, 9.17) is 10.7 Å². The molecule has 4 N–H and O–H groups in total. The zero-order valence-corrected chi connectivity index (χ0v) is 22.5. The largest absolute Gasteiger partial charge is 0.369 e. The lowest BCUT2D eigenvalue weighted by atomic mass is 9.84. The average molecular weight is 563 g/mol. The summed E-state index contributed by atoms with van der Waals surface area (Å²) < 4.78 is 0.886. The summed E-state index contributed by atoms with van der Waals surface area (Å²) in [5, 5.41) is 5.64. The third-order valence-electron chi connectivity index (χ3n) is 6.45. The van der Waals surface area contributed by atoms with Gasteiger partial charge in [0, 0.05) is 17.6 Å². The lowest BCUT2D eigenvalue weighted by Crippen LogP contribution is -2.42. The number of halogens is 1. The molecule has 0 radical (unpaired) electrons. The Morgan fingerprint density at radius 3 is 2.41 bits per heavy atom. The second kappa shape index (κ2) is 12.1. The fraction of sp³-hybridized carbons (Fsp3) is 0.276. The Hall–Kier alpha value is -3.65. The molecular formula is C29H32BrN5O2. The third kappa shape index (κ3) is 6.38. The summed E-state index contributed by atoms with van der Waals surface area (Å²) in [6.45, 7) is 3.39. The molecule has 37 heavy (non-hydrogen) atoms. The van der Waals surface area contributed by atoms with Crippen molar-refractivity contribution in [3.8, 4) is 0 Å². The van der Waals surface area contributed by atoms with E-state index in [1.165, 1.54) is 0 Å². The van der Waals surface area contributed by atoms with Crippen molar-refractivity contribution >= 4 is 33.8 Å². The number of nitrogens with two attached hydrogens (primary N) is 1. The number of hydrogen-bond acceptors (Lipinski definition) is 4. The van der Waals surface area contributed by atoms with E-state index < -0.39 is 5.54 Å². The Morgan fingerprint density at radius 2 is 1.70 bits per heavy atom. The third-order valence-corrected chi connectivity index (χ3v) is 6.95. The molecule has 1 aliphatic rings. The highest BCUT2D eigenvalue weighted by Gasteiger charge is 2.48. The molecule has 4 rings (SSSR count). The van der Waals surface area contributed by atoms with Gasteiger partial charge < -0.3 is 16.4 Å². The van der Waals surface area contributed by atoms with E-state index in [1.54, 1.807) is 4.90 Å². The van der Waals surface area contributed by atoms with Crippen LogP contribution in [0, 0.1) is 0 Å². The number of guanidine groups is 1. The van der Waals surface area contributed by atoms with Crippen molar-refractivity contribution in [1.82, 2.24) is 15.5 Å². The molecule has 3 aromatic rings. The molecule has 3 amide bonds. The first-order valence-electron chi connectivity index (χ1n) is 12.5. The van der Waals surface area contributed by atoms with E-state index >= 15 is 0 Å². The van der Waals surface area contributed by atoms with Crippen LogP contribution in [0.1, 0.15) is 42.0 Å². The van der Waals surface area contributed by atoms with E-state index in [-0.39, 0.29) is 17.9 Å². The van der Waals surface area contributed by atoms with Gasteiger partial charge in [-0.2, -0.15) is 0 Å². The van der Waals surface area contributed by atoms with Crippen LogP contribution in [0.15, 0.2) is 88.3 Å². The topological polar surface area (TPSA) is 99.8 Å². The van der Waals surface area contributed by atoms with Crippen molar-refractivity contribution < 1.29 is 9.59 Å². The van der Waals surface area contributed by atoms with E-state index in [1.807, 2.05) is 73.7 Å². The van der Waals surface area contributed by atoms with E-state index in [0.717, 1.165) is 33.1 Å². The lowest BCUT2D eigenvalue weighted by Gasteiger charge is -2.27. The zero-order chi connectivity index (χ0) is 26.3. The molecule has 7 nitrogen and oxygen atoms in total. The summed E-state index contributed by atoms with van der Waals surface area (Å²) in [6, 6.07) is 25.4. The highest BCUT2D eigenvalue weighted by atomic mass is 79.9. The van der Waals surface area contributed by atoms with Crippen LogP contribution in [0.4, 0.5) is 4.79 Å². The number of carbonyl (C=O) groups excluding carboxylic acids is 2. The second-order valence-electron chi connectivity index (χ2n) is 9.14. The van der Waals surface area contributed by atoms with Gasteiger partial charge in [-0.15, -0.1) is 0 Å². The molecule has 1 atom stereocenters. The molecule has 1 aliphatic heterocycles. The molecule has 3 aromatic carbocycles. The maximum Gasteiger partial charge on any atom is 0.315 e. The van der Waals surface area contributed by atoms with Gasteiger partial charge in [0.2, 0.25) is 0 Å². The first-order valence-corrected chi connectivity index (χ1v) is 13.3. The molecule has 192 valence electrons. The number of amides is 3. The quantitative estimate of drug-likeness (QED) is 0.330. The SMILES string of the molecule is CCCNC(=O)NCc1ccc(CN2C(=O)C(CCc3ccccc3)(c3cccc(Br)c3)N=C2N)cc1. The Bertz CT molecular complexity index is 1260. The maximum atomic E-state index is 14.0. The number of urea groups is 1. The smallest absolute Gasteiger partial charge is 0.315 e. The minimum Gasteiger partial charge on any atom is -0.369 e. The van der Waals surface area contributed by atoms with E-state index in [0.29, 0.717) is 32.5 Å². The standard InChI is InChI=1S/C29H32BrN5O2/c1-2-17-32-28(37)33-19-22-11-13-23(14-12-22)20-35-26(36)29(34-27(35)31,24-9-6-10-25(30)18-24)16-15-21-7-4-3-5-8-21/h3-14,18H,2,15-17,19-20H2,1H3,(H2,31,34)(H2,32,33,37). The van der Waals surface area contributed by atoms with Gasteiger partial charge in [0.05, 0.1) is 6.54 Å². The van der Waals surface area contributed by atoms with Gasteiger partial charge in [0.1, 0.15) is 0 Å². The van der Waals surface area contributed by atoms with Gasteiger partial charge in [-0.05, 0) is 53.6 Å². The van der Waals surface area contributed by atoms with Gasteiger partial charge in [-0.25, -0.2) is 9.79 Å². The van der Waals surface area contributed by atoms with Gasteiger partial charge in [-0.3, -0.25) is 9.69 Å². The van der Waals surface area contributed by atoms with Crippen LogP contribution in [0.5, 0.6) is 0 Å². The van der Waals surface area contributed by atoms with Gasteiger partial charge >= 0.3 is 6.03 Å². The van der Waals surface area contributed by atoms with Crippen LogP contribution in [0.3, 0.4) is 0 Å². The number of nitrogens with zero attached hydrogens (tertiary/aromatic N) is 2. The lowest BCUT2D eigenvalue weighted by molar-refractivity contribution is -0.132. The normalized spacial score (nSPS) is 17.0. The van der Waals surface area contributed by atoms with Crippen LogP contribution < -0.4 is 16.4 Å². The maximum absolute atomic E-state index is 14.0. The molecule has 1 heterocycles. The van der Waals surface area contributed by atoms with Crippen LogP contribution in [0.25, 0.3) is 0 Å². The monoisotopic (exact) mass is 561 g/mol. The Kier molecular flexibility index (Phi) is 8.61. The number of carbonyl (C=O) groups is 2. The van der Waals surface area contributed by atoms with Crippen molar-refractivity contribution in [3.63, 3.8) is 0 Å². The molecule has 1 unspecified atom stereocenters. The van der Waals surface area contributed by atoms with Crippen LogP contribution in [-0.4, -0.2) is 29.3 Å². The molecule has 0 spiro atoms. The number of hydrogen-bond donors (Lipinski definition) is 3. The summed E-state index contributed by atoms with van der Waals surface area (Å²) in [5.74, 6) is 0.0914. The number of benzene rings is 3. The first-order chi connectivity index (χ1) is 17.9. The number of rotatable bonds is 10. The van der Waals surface area contributed by atoms with Crippen molar-refractivity contribution in [1.29, 1.82) is 0 Å². The minimum absolute atomic E-state index is 0.127. The Balaban J connectivity index is 1.50. The minimum atomic E-state index is -1.08.